The molecule has 0 aromatic rings. The molecule has 0 amide bonds. The Kier molecular flexibility index (Phi) is 11.9. The van der Waals surface area contributed by atoms with Gasteiger partial charge in [-0.2, -0.15) is 0 Å². The Hall–Kier alpha value is 1.07. The van der Waals surface area contributed by atoms with Gasteiger partial charge in [0, 0.05) is 12.5 Å². The van der Waals surface area contributed by atoms with E-state index < -0.39 is 2.14 Å². The topological polar surface area (TPSA) is 26.3 Å². The van der Waals surface area contributed by atoms with Crippen LogP contribution in [0, 0.1) is 5.92 Å². The van der Waals surface area contributed by atoms with Crippen molar-refractivity contribution >= 4 is 54.1 Å². The highest BCUT2D eigenvalue weighted by Crippen LogP contribution is 2.42. The minimum absolute atomic E-state index is 0.0311. The molecule has 1 aliphatic carbocycles. The minimum atomic E-state index is -0.439. The normalized spacial score (nSPS) is 18.3. The van der Waals surface area contributed by atoms with Gasteiger partial charge in [-0.3, -0.25) is 0 Å². The van der Waals surface area contributed by atoms with Gasteiger partial charge in [0.1, 0.15) is 8.43 Å². The van der Waals surface area contributed by atoms with E-state index in [1.165, 1.54) is 64.2 Å². The highest BCUT2D eigenvalue weighted by molar-refractivity contribution is 9.39. The third-order valence-corrected chi connectivity index (χ3v) is 6.16. The molecule has 2 nitrogen and oxygen atoms in total. The molecule has 1 atom stereocenters. The Labute approximate surface area is 160 Å². The molecule has 1 rings (SSSR count). The van der Waals surface area contributed by atoms with Crippen LogP contribution < -0.4 is 0 Å². The summed E-state index contributed by atoms with van der Waals surface area (Å²) in [4.78, 5) is 11.0. The fourth-order valence-electron chi connectivity index (χ4n) is 2.96. The van der Waals surface area contributed by atoms with E-state index in [1.54, 1.807) is 0 Å². The zero-order valence-electron chi connectivity index (χ0n) is 13.4. The fourth-order valence-corrected chi connectivity index (χ4v) is 3.97. The predicted molar refractivity (Wildman–Crippen MR) is 104 cm³/mol. The van der Waals surface area contributed by atoms with Gasteiger partial charge >= 0.3 is 0 Å². The third-order valence-electron chi connectivity index (χ3n) is 4.40. The number of halogens is 3. The molecule has 1 fully saturated rings. The van der Waals surface area contributed by atoms with Crippen molar-refractivity contribution in [2.45, 2.75) is 85.3 Å². The molecule has 1 unspecified atom stereocenters. The molecule has 5 heteroatoms. The number of carbonyl (C=O) groups is 1. The van der Waals surface area contributed by atoms with Gasteiger partial charge in [0.25, 0.3) is 0 Å². The van der Waals surface area contributed by atoms with E-state index in [0.29, 0.717) is 6.10 Å². The Morgan fingerprint density at radius 3 is 2.14 bits per heavy atom. The molecule has 0 radical (unpaired) electrons. The maximum atomic E-state index is 11.0. The van der Waals surface area contributed by atoms with Gasteiger partial charge in [0.05, 0.1) is 6.10 Å². The first-order chi connectivity index (χ1) is 10.5. The smallest absolute Gasteiger partial charge is 0.144 e. The summed E-state index contributed by atoms with van der Waals surface area (Å²) in [5, 5.41) is 0. The van der Waals surface area contributed by atoms with Gasteiger partial charge in [-0.05, 0) is 25.7 Å². The van der Waals surface area contributed by atoms with Crippen LogP contribution in [-0.2, 0) is 9.53 Å². The lowest BCUT2D eigenvalue weighted by atomic mass is 9.98. The second-order valence-corrected chi connectivity index (χ2v) is 13.3. The van der Waals surface area contributed by atoms with Gasteiger partial charge in [-0.25, -0.2) is 0 Å². The molecule has 1 aliphatic rings. The fraction of sp³-hybridized carbons (Fsp3) is 0.941. The molecule has 1 saturated carbocycles. The molecular formula is C17H29Br3O2. The number of alkyl halides is 3. The first kappa shape index (κ1) is 21.1. The molecule has 0 aromatic heterocycles. The first-order valence-electron chi connectivity index (χ1n) is 8.67. The maximum Gasteiger partial charge on any atom is 0.144 e. The Balaban J connectivity index is 1.88. The van der Waals surface area contributed by atoms with Crippen LogP contribution in [0.5, 0.6) is 0 Å². The molecule has 0 aliphatic heterocycles. The monoisotopic (exact) mass is 502 g/mol. The second kappa shape index (κ2) is 12.4. The van der Waals surface area contributed by atoms with E-state index in [0.717, 1.165) is 25.7 Å². The van der Waals surface area contributed by atoms with Gasteiger partial charge in [-0.15, -0.1) is 0 Å². The molecule has 0 N–H and O–H groups in total. The molecule has 0 saturated heterocycles. The van der Waals surface area contributed by atoms with Crippen LogP contribution in [0.4, 0.5) is 0 Å². The van der Waals surface area contributed by atoms with E-state index in [-0.39, 0.29) is 5.92 Å². The number of hydrogen-bond donors (Lipinski definition) is 0. The van der Waals surface area contributed by atoms with E-state index in [1.807, 2.05) is 0 Å². The highest BCUT2D eigenvalue weighted by Gasteiger charge is 2.29. The zero-order valence-corrected chi connectivity index (χ0v) is 18.1. The summed E-state index contributed by atoms with van der Waals surface area (Å²) >= 11 is 10.3. The van der Waals surface area contributed by atoms with Gasteiger partial charge in [-0.1, -0.05) is 99.2 Å². The Morgan fingerprint density at radius 2 is 1.55 bits per heavy atom. The number of aldehydes is 1. The lowest BCUT2D eigenvalue weighted by molar-refractivity contribution is -0.110. The lowest BCUT2D eigenvalue weighted by Crippen LogP contribution is -2.18. The molecule has 0 heterocycles. The molecular weight excluding hydrogens is 476 g/mol. The lowest BCUT2D eigenvalue weighted by Gasteiger charge is -2.21. The largest absolute Gasteiger partial charge is 0.378 e. The summed E-state index contributed by atoms with van der Waals surface area (Å²) in [5.74, 6) is -0.0311. The summed E-state index contributed by atoms with van der Waals surface area (Å²) in [6.07, 6.45) is 16.4. The van der Waals surface area contributed by atoms with Crippen LogP contribution >= 0.6 is 47.8 Å². The van der Waals surface area contributed by atoms with Crippen LogP contribution in [0.2, 0.25) is 0 Å². The Bertz CT molecular complexity index is 286. The van der Waals surface area contributed by atoms with Gasteiger partial charge in [0.15, 0.2) is 0 Å². The number of unbranched alkanes of at least 4 members (excludes halogenated alkanes) is 5. The van der Waals surface area contributed by atoms with Crippen molar-refractivity contribution in [3.63, 3.8) is 0 Å². The average molecular weight is 505 g/mol. The number of carbonyl (C=O) groups excluding carboxylic acids is 1. The van der Waals surface area contributed by atoms with E-state index in [2.05, 4.69) is 47.8 Å². The van der Waals surface area contributed by atoms with E-state index in [9.17, 15) is 4.79 Å². The summed E-state index contributed by atoms with van der Waals surface area (Å²) in [7, 11) is 0. The van der Waals surface area contributed by atoms with Crippen molar-refractivity contribution in [1.82, 2.24) is 0 Å². The summed E-state index contributed by atoms with van der Waals surface area (Å²) in [6.45, 7) is 0.942. The average Bonchev–Trinajstić information content (AvgIpc) is 2.49. The van der Waals surface area contributed by atoms with Crippen molar-refractivity contribution < 1.29 is 9.53 Å². The first-order valence-corrected chi connectivity index (χ1v) is 11.1. The predicted octanol–water partition coefficient (Wildman–Crippen LogP) is 6.72. The molecule has 0 bridgehead atoms. The number of hydrogen-bond acceptors (Lipinski definition) is 2. The SMILES string of the molecule is O=CC(CCCCCCCCOC1CCCCC1)C(Br)(Br)Br. The molecule has 0 aromatic carbocycles. The minimum Gasteiger partial charge on any atom is -0.378 e. The summed E-state index contributed by atoms with van der Waals surface area (Å²) in [5.41, 5.74) is 0. The van der Waals surface area contributed by atoms with Crippen LogP contribution in [-0.4, -0.2) is 21.1 Å². The van der Waals surface area contributed by atoms with Crippen LogP contribution in [0.1, 0.15) is 77.0 Å². The van der Waals surface area contributed by atoms with Crippen molar-refractivity contribution in [2.75, 3.05) is 6.61 Å². The molecule has 22 heavy (non-hydrogen) atoms. The Morgan fingerprint density at radius 1 is 0.955 bits per heavy atom. The van der Waals surface area contributed by atoms with Crippen molar-refractivity contribution in [3.05, 3.63) is 0 Å². The standard InChI is InChI=1S/C17H29Br3O2/c18-17(19,20)15(14-21)10-6-3-1-2-4-9-13-22-16-11-7-5-8-12-16/h14-16H,1-13H2. The summed E-state index contributed by atoms with van der Waals surface area (Å²) < 4.78 is 5.50. The summed E-state index contributed by atoms with van der Waals surface area (Å²) in [6, 6.07) is 0. The van der Waals surface area contributed by atoms with Gasteiger partial charge < -0.3 is 9.53 Å². The van der Waals surface area contributed by atoms with Crippen molar-refractivity contribution in [1.29, 1.82) is 0 Å². The van der Waals surface area contributed by atoms with Crippen LogP contribution in [0.3, 0.4) is 0 Å². The highest BCUT2D eigenvalue weighted by atomic mass is 80.0. The zero-order chi connectivity index (χ0) is 16.3. The maximum absolute atomic E-state index is 11.0. The van der Waals surface area contributed by atoms with Crippen molar-refractivity contribution in [2.24, 2.45) is 5.92 Å². The second-order valence-electron chi connectivity index (χ2n) is 6.32. The quantitative estimate of drug-likeness (QED) is 0.177. The van der Waals surface area contributed by atoms with Crippen LogP contribution in [0.25, 0.3) is 0 Å². The molecule has 130 valence electrons. The van der Waals surface area contributed by atoms with E-state index in [4.69, 9.17) is 4.74 Å². The van der Waals surface area contributed by atoms with Crippen molar-refractivity contribution in [3.8, 4) is 0 Å². The molecule has 0 spiro atoms. The van der Waals surface area contributed by atoms with Crippen LogP contribution in [0.15, 0.2) is 0 Å². The van der Waals surface area contributed by atoms with E-state index >= 15 is 0 Å². The number of rotatable bonds is 11. The van der Waals surface area contributed by atoms with Gasteiger partial charge in [0.2, 0.25) is 0 Å². The number of ether oxygens (including phenoxy) is 1. The third kappa shape index (κ3) is 10.0.